The molecular weight excluding hydrogens is 245 g/mol. The van der Waals surface area contributed by atoms with Crippen molar-refractivity contribution in [3.63, 3.8) is 0 Å². The molecule has 6 heteroatoms. The van der Waals surface area contributed by atoms with Gasteiger partial charge in [0.1, 0.15) is 12.2 Å². The number of carbonyl (C=O) groups is 1. The zero-order valence-corrected chi connectivity index (χ0v) is 10.1. The number of ketones is 1. The molecule has 0 aliphatic heterocycles. The summed E-state index contributed by atoms with van der Waals surface area (Å²) in [7, 11) is 0. The van der Waals surface area contributed by atoms with Gasteiger partial charge in [0.05, 0.1) is 11.3 Å². The lowest BCUT2D eigenvalue weighted by Gasteiger charge is -2.29. The Hall–Kier alpha value is -1.46. The van der Waals surface area contributed by atoms with Crippen LogP contribution in [-0.2, 0) is 12.8 Å². The van der Waals surface area contributed by atoms with E-state index in [0.717, 1.165) is 0 Å². The maximum absolute atomic E-state index is 12.3. The van der Waals surface area contributed by atoms with Crippen LogP contribution in [0.3, 0.4) is 0 Å². The first-order chi connectivity index (χ1) is 8.16. The Balaban J connectivity index is 2.34. The van der Waals surface area contributed by atoms with E-state index >= 15 is 0 Å². The van der Waals surface area contributed by atoms with Crippen LogP contribution >= 0.6 is 0 Å². The standard InChI is InChI=1S/C12H13F3N2O/c1-11(2)3-8-7(9(18)4-11)6-16-10(17-8)5-12(13,14)15/h6H,3-5H2,1-2H3. The fourth-order valence-electron chi connectivity index (χ4n) is 2.14. The number of halogens is 3. The first-order valence-electron chi connectivity index (χ1n) is 5.61. The normalized spacial score (nSPS) is 18.6. The van der Waals surface area contributed by atoms with E-state index in [1.54, 1.807) is 0 Å². The van der Waals surface area contributed by atoms with Gasteiger partial charge in [-0.25, -0.2) is 9.97 Å². The molecule has 1 aliphatic rings. The number of aromatic nitrogens is 2. The third-order valence-electron chi connectivity index (χ3n) is 2.86. The van der Waals surface area contributed by atoms with E-state index in [9.17, 15) is 18.0 Å². The minimum Gasteiger partial charge on any atom is -0.294 e. The molecule has 1 heterocycles. The summed E-state index contributed by atoms with van der Waals surface area (Å²) in [6.07, 6.45) is -3.39. The zero-order valence-electron chi connectivity index (χ0n) is 10.1. The average Bonchev–Trinajstić information content (AvgIpc) is 2.11. The summed E-state index contributed by atoms with van der Waals surface area (Å²) in [4.78, 5) is 19.3. The van der Waals surface area contributed by atoms with Crippen LogP contribution in [0.4, 0.5) is 13.2 Å². The van der Waals surface area contributed by atoms with Crippen molar-refractivity contribution in [2.24, 2.45) is 5.41 Å². The second-order valence-electron chi connectivity index (χ2n) is 5.38. The molecule has 0 atom stereocenters. The van der Waals surface area contributed by atoms with Gasteiger partial charge in [0, 0.05) is 12.6 Å². The predicted molar refractivity (Wildman–Crippen MR) is 58.2 cm³/mol. The molecule has 98 valence electrons. The van der Waals surface area contributed by atoms with Gasteiger partial charge in [0.25, 0.3) is 0 Å². The molecule has 0 radical (unpaired) electrons. The van der Waals surface area contributed by atoms with Gasteiger partial charge in [-0.15, -0.1) is 0 Å². The monoisotopic (exact) mass is 258 g/mol. The van der Waals surface area contributed by atoms with Gasteiger partial charge < -0.3 is 0 Å². The minimum atomic E-state index is -4.33. The lowest BCUT2D eigenvalue weighted by Crippen LogP contribution is -2.29. The summed E-state index contributed by atoms with van der Waals surface area (Å²) in [5.74, 6) is -0.369. The molecule has 0 saturated heterocycles. The zero-order chi connectivity index (χ0) is 13.6. The highest BCUT2D eigenvalue weighted by Gasteiger charge is 2.34. The Morgan fingerprint density at radius 2 is 2.00 bits per heavy atom. The summed E-state index contributed by atoms with van der Waals surface area (Å²) < 4.78 is 36.8. The highest BCUT2D eigenvalue weighted by Crippen LogP contribution is 2.33. The highest BCUT2D eigenvalue weighted by molar-refractivity contribution is 5.98. The van der Waals surface area contributed by atoms with Crippen molar-refractivity contribution < 1.29 is 18.0 Å². The van der Waals surface area contributed by atoms with E-state index in [1.165, 1.54) is 6.20 Å². The topological polar surface area (TPSA) is 42.9 Å². The van der Waals surface area contributed by atoms with Crippen LogP contribution in [0.2, 0.25) is 0 Å². The number of carbonyl (C=O) groups excluding carboxylic acids is 1. The predicted octanol–water partition coefficient (Wildman–Crippen LogP) is 2.74. The van der Waals surface area contributed by atoms with Crippen molar-refractivity contribution in [2.45, 2.75) is 39.3 Å². The Morgan fingerprint density at radius 3 is 2.61 bits per heavy atom. The summed E-state index contributed by atoms with van der Waals surface area (Å²) in [5.41, 5.74) is 0.541. The van der Waals surface area contributed by atoms with E-state index in [2.05, 4.69) is 9.97 Å². The molecule has 1 aromatic heterocycles. The summed E-state index contributed by atoms with van der Waals surface area (Å²) in [5, 5.41) is 0. The smallest absolute Gasteiger partial charge is 0.294 e. The van der Waals surface area contributed by atoms with Gasteiger partial charge in [-0.1, -0.05) is 13.8 Å². The SMILES string of the molecule is CC1(C)CC(=O)c2cnc(CC(F)(F)F)nc2C1. The molecule has 0 aromatic carbocycles. The van der Waals surface area contributed by atoms with Crippen molar-refractivity contribution in [1.29, 1.82) is 0 Å². The van der Waals surface area contributed by atoms with Crippen molar-refractivity contribution in [2.75, 3.05) is 0 Å². The second kappa shape index (κ2) is 4.03. The van der Waals surface area contributed by atoms with E-state index < -0.39 is 12.6 Å². The van der Waals surface area contributed by atoms with Crippen LogP contribution in [0.1, 0.15) is 42.1 Å². The van der Waals surface area contributed by atoms with Crippen LogP contribution in [0, 0.1) is 5.41 Å². The molecule has 0 saturated carbocycles. The number of Topliss-reactive ketones (excluding diaryl/α,β-unsaturated/α-hetero) is 1. The molecule has 3 nitrogen and oxygen atoms in total. The number of fused-ring (bicyclic) bond motifs is 1. The summed E-state index contributed by atoms with van der Waals surface area (Å²) in [6.45, 7) is 3.80. The van der Waals surface area contributed by atoms with Crippen LogP contribution in [0.15, 0.2) is 6.20 Å². The van der Waals surface area contributed by atoms with Gasteiger partial charge in [0.2, 0.25) is 0 Å². The number of alkyl halides is 3. The summed E-state index contributed by atoms with van der Waals surface area (Å²) >= 11 is 0. The molecule has 0 unspecified atom stereocenters. The Kier molecular flexibility index (Phi) is 2.91. The molecule has 0 amide bonds. The molecular formula is C12H13F3N2O. The molecule has 0 N–H and O–H groups in total. The van der Waals surface area contributed by atoms with E-state index in [-0.39, 0.29) is 17.0 Å². The molecule has 0 fully saturated rings. The van der Waals surface area contributed by atoms with Gasteiger partial charge in [-0.2, -0.15) is 13.2 Å². The highest BCUT2D eigenvalue weighted by atomic mass is 19.4. The fraction of sp³-hybridized carbons (Fsp3) is 0.583. The van der Waals surface area contributed by atoms with Crippen LogP contribution in [0.25, 0.3) is 0 Å². The largest absolute Gasteiger partial charge is 0.396 e. The lowest BCUT2D eigenvalue weighted by atomic mass is 9.76. The van der Waals surface area contributed by atoms with Gasteiger partial charge >= 0.3 is 6.18 Å². The van der Waals surface area contributed by atoms with Crippen molar-refractivity contribution in [3.8, 4) is 0 Å². The Bertz CT molecular complexity index is 495. The van der Waals surface area contributed by atoms with Gasteiger partial charge in [-0.3, -0.25) is 4.79 Å². The fourth-order valence-corrected chi connectivity index (χ4v) is 2.14. The van der Waals surface area contributed by atoms with E-state index in [0.29, 0.717) is 24.1 Å². The van der Waals surface area contributed by atoms with Crippen molar-refractivity contribution >= 4 is 5.78 Å². The molecule has 0 spiro atoms. The van der Waals surface area contributed by atoms with Crippen molar-refractivity contribution in [3.05, 3.63) is 23.3 Å². The maximum Gasteiger partial charge on any atom is 0.396 e. The van der Waals surface area contributed by atoms with Gasteiger partial charge in [-0.05, 0) is 11.8 Å². The summed E-state index contributed by atoms with van der Waals surface area (Å²) in [6, 6.07) is 0. The molecule has 18 heavy (non-hydrogen) atoms. The minimum absolute atomic E-state index is 0.0974. The number of rotatable bonds is 1. The molecule has 0 bridgehead atoms. The average molecular weight is 258 g/mol. The first-order valence-corrected chi connectivity index (χ1v) is 5.61. The van der Waals surface area contributed by atoms with Crippen LogP contribution < -0.4 is 0 Å². The second-order valence-corrected chi connectivity index (χ2v) is 5.38. The Labute approximate surface area is 102 Å². The number of hydrogen-bond acceptors (Lipinski definition) is 3. The van der Waals surface area contributed by atoms with Crippen LogP contribution in [0.5, 0.6) is 0 Å². The number of hydrogen-bond donors (Lipinski definition) is 0. The van der Waals surface area contributed by atoms with Gasteiger partial charge in [0.15, 0.2) is 5.78 Å². The maximum atomic E-state index is 12.3. The Morgan fingerprint density at radius 1 is 1.33 bits per heavy atom. The quantitative estimate of drug-likeness (QED) is 0.777. The third-order valence-corrected chi connectivity index (χ3v) is 2.86. The van der Waals surface area contributed by atoms with Crippen LogP contribution in [-0.4, -0.2) is 21.9 Å². The molecule has 2 rings (SSSR count). The third kappa shape index (κ3) is 2.86. The number of nitrogens with zero attached hydrogens (tertiary/aromatic N) is 2. The van der Waals surface area contributed by atoms with E-state index in [1.807, 2.05) is 13.8 Å². The first kappa shape index (κ1) is 13.0. The van der Waals surface area contributed by atoms with E-state index in [4.69, 9.17) is 0 Å². The lowest BCUT2D eigenvalue weighted by molar-refractivity contribution is -0.128. The molecule has 1 aliphatic carbocycles. The molecule has 1 aromatic rings. The van der Waals surface area contributed by atoms with Crippen molar-refractivity contribution in [1.82, 2.24) is 9.97 Å².